The number of halogens is 5. The molecule has 4 nitrogen and oxygen atoms in total. The third-order valence-corrected chi connectivity index (χ3v) is 3.05. The first kappa shape index (κ1) is 23.7. The van der Waals surface area contributed by atoms with E-state index in [-0.39, 0.29) is 43.2 Å². The molecule has 0 saturated heterocycles. The first-order chi connectivity index (χ1) is 11.3. The summed E-state index contributed by atoms with van der Waals surface area (Å²) in [5, 5.41) is 5.51. The van der Waals surface area contributed by atoms with Crippen molar-refractivity contribution >= 4 is 29.9 Å². The highest BCUT2D eigenvalue weighted by Gasteiger charge is 2.26. The summed E-state index contributed by atoms with van der Waals surface area (Å²) < 4.78 is 55.4. The van der Waals surface area contributed by atoms with E-state index < -0.39 is 18.4 Å². The van der Waals surface area contributed by atoms with Gasteiger partial charge in [0.05, 0.1) is 13.0 Å². The topological polar surface area (TPSA) is 45.7 Å². The largest absolute Gasteiger partial charge is 0.488 e. The van der Waals surface area contributed by atoms with Crippen LogP contribution in [0.2, 0.25) is 0 Å². The Kier molecular flexibility index (Phi) is 11.5. The predicted octanol–water partition coefficient (Wildman–Crippen LogP) is 4.11. The maximum absolute atomic E-state index is 13.2. The van der Waals surface area contributed by atoms with Crippen LogP contribution in [0.5, 0.6) is 5.75 Å². The molecule has 25 heavy (non-hydrogen) atoms. The van der Waals surface area contributed by atoms with E-state index in [0.29, 0.717) is 24.7 Å². The minimum atomic E-state index is -4.21. The maximum atomic E-state index is 13.2. The Bertz CT molecular complexity index is 526. The van der Waals surface area contributed by atoms with Crippen LogP contribution in [0, 0.1) is 5.82 Å². The van der Waals surface area contributed by atoms with E-state index >= 15 is 0 Å². The lowest BCUT2D eigenvalue weighted by molar-refractivity contribution is -0.132. The van der Waals surface area contributed by atoms with Gasteiger partial charge in [0, 0.05) is 19.2 Å². The lowest BCUT2D eigenvalue weighted by atomic mass is 10.2. The number of ether oxygens (including phenoxy) is 1. The van der Waals surface area contributed by atoms with E-state index in [1.807, 2.05) is 13.8 Å². The molecule has 0 aliphatic heterocycles. The summed E-state index contributed by atoms with van der Waals surface area (Å²) in [6, 6.07) is 5.78. The van der Waals surface area contributed by atoms with Gasteiger partial charge in [0.2, 0.25) is 0 Å². The monoisotopic (exact) mass is 477 g/mol. The van der Waals surface area contributed by atoms with Crippen LogP contribution in [0.15, 0.2) is 29.3 Å². The molecule has 9 heteroatoms. The normalized spacial score (nSPS) is 13.0. The van der Waals surface area contributed by atoms with Gasteiger partial charge in [-0.2, -0.15) is 13.2 Å². The van der Waals surface area contributed by atoms with Gasteiger partial charge in [-0.15, -0.1) is 24.0 Å². The molecule has 0 aromatic heterocycles. The highest BCUT2D eigenvalue weighted by molar-refractivity contribution is 14.0. The molecule has 0 heterocycles. The van der Waals surface area contributed by atoms with Crippen molar-refractivity contribution in [1.29, 1.82) is 0 Å². The van der Waals surface area contributed by atoms with Crippen molar-refractivity contribution in [2.75, 3.05) is 19.6 Å². The van der Waals surface area contributed by atoms with Crippen LogP contribution >= 0.6 is 24.0 Å². The molecule has 0 bridgehead atoms. The molecule has 0 saturated carbocycles. The molecule has 2 N–H and O–H groups in total. The first-order valence-electron chi connectivity index (χ1n) is 7.85. The predicted molar refractivity (Wildman–Crippen MR) is 101 cm³/mol. The zero-order valence-electron chi connectivity index (χ0n) is 14.2. The van der Waals surface area contributed by atoms with E-state index in [4.69, 9.17) is 4.74 Å². The smallest absolute Gasteiger partial charge is 0.390 e. The molecular formula is C16H24F4IN3O. The lowest BCUT2D eigenvalue weighted by Gasteiger charge is -2.17. The van der Waals surface area contributed by atoms with Gasteiger partial charge < -0.3 is 15.4 Å². The van der Waals surface area contributed by atoms with Gasteiger partial charge in [-0.3, -0.25) is 0 Å². The van der Waals surface area contributed by atoms with Gasteiger partial charge in [0.1, 0.15) is 17.7 Å². The third kappa shape index (κ3) is 11.1. The number of nitrogens with zero attached hydrogens (tertiary/aromatic N) is 1. The minimum Gasteiger partial charge on any atom is -0.488 e. The second kappa shape index (κ2) is 12.2. The number of benzene rings is 1. The average Bonchev–Trinajstić information content (AvgIpc) is 2.50. The SMILES string of the molecule is CCNC(=NCC(CC)Oc1cccc(F)c1)NCCC(F)(F)F.I. The van der Waals surface area contributed by atoms with Crippen molar-refractivity contribution < 1.29 is 22.3 Å². The Morgan fingerprint density at radius 1 is 1.24 bits per heavy atom. The summed E-state index contributed by atoms with van der Waals surface area (Å²) in [4.78, 5) is 4.23. The number of hydrogen-bond donors (Lipinski definition) is 2. The molecule has 1 aromatic rings. The van der Waals surface area contributed by atoms with Gasteiger partial charge in [-0.05, 0) is 25.5 Å². The van der Waals surface area contributed by atoms with Gasteiger partial charge >= 0.3 is 6.18 Å². The lowest BCUT2D eigenvalue weighted by Crippen LogP contribution is -2.39. The number of nitrogens with one attached hydrogen (secondary N) is 2. The van der Waals surface area contributed by atoms with Crippen molar-refractivity contribution in [2.24, 2.45) is 4.99 Å². The molecule has 0 amide bonds. The summed E-state index contributed by atoms with van der Waals surface area (Å²) in [6.45, 7) is 4.23. The molecule has 1 aromatic carbocycles. The Hall–Kier alpha value is -1.26. The summed E-state index contributed by atoms with van der Waals surface area (Å²) in [5.74, 6) is 0.295. The number of hydrogen-bond acceptors (Lipinski definition) is 2. The van der Waals surface area contributed by atoms with E-state index in [2.05, 4.69) is 15.6 Å². The molecular weight excluding hydrogens is 453 g/mol. The summed E-state index contributed by atoms with van der Waals surface area (Å²) >= 11 is 0. The van der Waals surface area contributed by atoms with E-state index in [9.17, 15) is 17.6 Å². The molecule has 1 unspecified atom stereocenters. The fourth-order valence-electron chi connectivity index (χ4n) is 1.84. The van der Waals surface area contributed by atoms with Crippen LogP contribution < -0.4 is 15.4 Å². The zero-order chi connectivity index (χ0) is 18.0. The van der Waals surface area contributed by atoms with Crippen molar-refractivity contribution in [1.82, 2.24) is 10.6 Å². The molecule has 1 rings (SSSR count). The third-order valence-electron chi connectivity index (χ3n) is 3.05. The Balaban J connectivity index is 0.00000576. The molecule has 0 aliphatic rings. The van der Waals surface area contributed by atoms with Crippen LogP contribution in [-0.2, 0) is 0 Å². The number of rotatable bonds is 8. The second-order valence-corrected chi connectivity index (χ2v) is 5.12. The van der Waals surface area contributed by atoms with Crippen molar-refractivity contribution in [3.63, 3.8) is 0 Å². The van der Waals surface area contributed by atoms with Gasteiger partial charge in [-0.1, -0.05) is 13.0 Å². The van der Waals surface area contributed by atoms with Crippen LogP contribution in [0.3, 0.4) is 0 Å². The maximum Gasteiger partial charge on any atom is 0.390 e. The Morgan fingerprint density at radius 3 is 2.52 bits per heavy atom. The van der Waals surface area contributed by atoms with E-state index in [0.717, 1.165) is 0 Å². The van der Waals surface area contributed by atoms with Crippen molar-refractivity contribution in [3.8, 4) is 5.75 Å². The summed E-state index contributed by atoms with van der Waals surface area (Å²) in [7, 11) is 0. The van der Waals surface area contributed by atoms with Crippen LogP contribution in [0.1, 0.15) is 26.7 Å². The highest BCUT2D eigenvalue weighted by Crippen LogP contribution is 2.18. The van der Waals surface area contributed by atoms with Crippen molar-refractivity contribution in [3.05, 3.63) is 30.1 Å². The molecule has 1 atom stereocenters. The first-order valence-corrected chi connectivity index (χ1v) is 7.85. The van der Waals surface area contributed by atoms with Gasteiger partial charge in [0.25, 0.3) is 0 Å². The fraction of sp³-hybridized carbons (Fsp3) is 0.562. The number of alkyl halides is 3. The fourth-order valence-corrected chi connectivity index (χ4v) is 1.84. The van der Waals surface area contributed by atoms with Crippen LogP contribution in [0.4, 0.5) is 17.6 Å². The van der Waals surface area contributed by atoms with E-state index in [1.165, 1.54) is 12.1 Å². The molecule has 0 fully saturated rings. The van der Waals surface area contributed by atoms with Crippen LogP contribution in [0.25, 0.3) is 0 Å². The van der Waals surface area contributed by atoms with Gasteiger partial charge in [0.15, 0.2) is 5.96 Å². The number of aliphatic imine (C=N–C) groups is 1. The molecule has 144 valence electrons. The highest BCUT2D eigenvalue weighted by atomic mass is 127. The molecule has 0 radical (unpaired) electrons. The standard InChI is InChI=1S/C16H23F4N3O.HI/c1-3-13(24-14-7-5-6-12(17)10-14)11-23-15(21-4-2)22-9-8-16(18,19)20;/h5-7,10,13H,3-4,8-9,11H2,1-2H3,(H2,21,22,23);1H. The molecule has 0 spiro atoms. The van der Waals surface area contributed by atoms with Gasteiger partial charge in [-0.25, -0.2) is 9.38 Å². The summed E-state index contributed by atoms with van der Waals surface area (Å²) in [5.41, 5.74) is 0. The average molecular weight is 477 g/mol. The number of guanidine groups is 1. The van der Waals surface area contributed by atoms with Crippen LogP contribution in [-0.4, -0.2) is 37.9 Å². The minimum absolute atomic E-state index is 0. The zero-order valence-corrected chi connectivity index (χ0v) is 16.5. The molecule has 0 aliphatic carbocycles. The quantitative estimate of drug-likeness (QED) is 0.257. The summed E-state index contributed by atoms with van der Waals surface area (Å²) in [6.07, 6.45) is -4.82. The second-order valence-electron chi connectivity index (χ2n) is 5.12. The van der Waals surface area contributed by atoms with Crippen molar-refractivity contribution in [2.45, 2.75) is 39.0 Å². The van der Waals surface area contributed by atoms with E-state index in [1.54, 1.807) is 12.1 Å². The Morgan fingerprint density at radius 2 is 1.96 bits per heavy atom. The Labute approximate surface area is 162 Å².